The van der Waals surface area contributed by atoms with Gasteiger partial charge in [-0.3, -0.25) is 4.79 Å². The van der Waals surface area contributed by atoms with E-state index in [0.717, 1.165) is 29.9 Å². The molecule has 11 heteroatoms. The number of carbonyl (C=O) groups is 1. The Kier molecular flexibility index (Phi) is 7.06. The first-order valence-electron chi connectivity index (χ1n) is 12.6. The molecule has 1 saturated carbocycles. The number of hydrogen-bond acceptors (Lipinski definition) is 8. The number of alkyl halides is 2. The van der Waals surface area contributed by atoms with Crippen molar-refractivity contribution in [1.29, 1.82) is 0 Å². The highest BCUT2D eigenvalue weighted by Crippen LogP contribution is 2.38. The molecule has 5 rings (SSSR count). The molecule has 0 saturated heterocycles. The molecule has 3 aliphatic heterocycles. The van der Waals surface area contributed by atoms with Gasteiger partial charge < -0.3 is 28.9 Å². The average Bonchev–Trinajstić information content (AvgIpc) is 3.38. The molecule has 200 valence electrons. The number of aromatic nitrogens is 1. The van der Waals surface area contributed by atoms with E-state index in [9.17, 15) is 13.6 Å². The predicted molar refractivity (Wildman–Crippen MR) is 134 cm³/mol. The van der Waals surface area contributed by atoms with Gasteiger partial charge in [0.05, 0.1) is 45.1 Å². The second-order valence-electron chi connectivity index (χ2n) is 9.95. The molecular formula is C26H33F2N5O4. The first kappa shape index (κ1) is 25.4. The standard InChI is InChI=1S/C26H33F2N5O4/c1-31-16-30-21-7-11-32(18-12-22(35-2)23(36-3)29-13-18)15-20(21)25(31)37-19-6-10-33(14-19)24(34)17-4-8-26(27,28)9-5-17/h6,10,12-13,16-17,19,25H,4-5,7-9,11,14-15H2,1-3H3. The van der Waals surface area contributed by atoms with Gasteiger partial charge in [0, 0.05) is 68.9 Å². The largest absolute Gasteiger partial charge is 0.491 e. The van der Waals surface area contributed by atoms with Crippen molar-refractivity contribution in [2.45, 2.75) is 50.4 Å². The molecule has 1 aromatic heterocycles. The van der Waals surface area contributed by atoms with Crippen molar-refractivity contribution in [3.8, 4) is 11.6 Å². The van der Waals surface area contributed by atoms with Crippen molar-refractivity contribution in [3.05, 3.63) is 35.8 Å². The average molecular weight is 518 g/mol. The van der Waals surface area contributed by atoms with E-state index in [1.54, 1.807) is 37.9 Å². The maximum atomic E-state index is 13.5. The van der Waals surface area contributed by atoms with Gasteiger partial charge in [0.25, 0.3) is 5.88 Å². The minimum atomic E-state index is -2.65. The summed E-state index contributed by atoms with van der Waals surface area (Å²) in [5, 5.41) is 0. The predicted octanol–water partition coefficient (Wildman–Crippen LogP) is 3.43. The van der Waals surface area contributed by atoms with Gasteiger partial charge in [0.2, 0.25) is 11.8 Å². The van der Waals surface area contributed by atoms with Gasteiger partial charge >= 0.3 is 0 Å². The highest BCUT2D eigenvalue weighted by molar-refractivity contribution is 5.80. The van der Waals surface area contributed by atoms with Crippen LogP contribution in [0.1, 0.15) is 32.1 Å². The molecular weight excluding hydrogens is 484 g/mol. The minimum Gasteiger partial charge on any atom is -0.491 e. The molecule has 1 amide bonds. The van der Waals surface area contributed by atoms with Crippen LogP contribution in [0.5, 0.6) is 11.6 Å². The molecule has 0 bridgehead atoms. The van der Waals surface area contributed by atoms with Crippen LogP contribution in [0.4, 0.5) is 14.5 Å². The molecule has 4 aliphatic rings. The molecule has 0 radical (unpaired) electrons. The molecule has 0 spiro atoms. The summed E-state index contributed by atoms with van der Waals surface area (Å²) in [7, 11) is 5.06. The number of nitrogens with zero attached hydrogens (tertiary/aromatic N) is 5. The van der Waals surface area contributed by atoms with Crippen molar-refractivity contribution in [1.82, 2.24) is 14.8 Å². The van der Waals surface area contributed by atoms with Crippen LogP contribution in [0.3, 0.4) is 0 Å². The zero-order valence-corrected chi connectivity index (χ0v) is 21.4. The fourth-order valence-corrected chi connectivity index (χ4v) is 5.36. The Balaban J connectivity index is 1.24. The Morgan fingerprint density at radius 1 is 1.19 bits per heavy atom. The van der Waals surface area contributed by atoms with Crippen molar-refractivity contribution in [3.63, 3.8) is 0 Å². The highest BCUT2D eigenvalue weighted by Gasteiger charge is 2.40. The summed E-state index contributed by atoms with van der Waals surface area (Å²) in [5.74, 6) is -2.11. The zero-order valence-electron chi connectivity index (χ0n) is 21.4. The fourth-order valence-electron chi connectivity index (χ4n) is 5.36. The molecule has 9 nitrogen and oxygen atoms in total. The number of rotatable bonds is 6. The lowest BCUT2D eigenvalue weighted by Gasteiger charge is -2.40. The number of anilines is 1. The molecule has 1 aromatic rings. The maximum Gasteiger partial charge on any atom is 0.256 e. The Hall–Kier alpha value is -3.21. The van der Waals surface area contributed by atoms with Gasteiger partial charge in [-0.2, -0.15) is 0 Å². The quantitative estimate of drug-likeness (QED) is 0.572. The van der Waals surface area contributed by atoms with E-state index >= 15 is 0 Å². The van der Waals surface area contributed by atoms with Crippen LogP contribution in [0.2, 0.25) is 0 Å². The molecule has 37 heavy (non-hydrogen) atoms. The lowest BCUT2D eigenvalue weighted by Crippen LogP contribution is -2.47. The summed E-state index contributed by atoms with van der Waals surface area (Å²) in [6.45, 7) is 1.75. The first-order valence-corrected chi connectivity index (χ1v) is 12.6. The molecule has 2 atom stereocenters. The topological polar surface area (TPSA) is 79.7 Å². The van der Waals surface area contributed by atoms with Gasteiger partial charge in [0.1, 0.15) is 0 Å². The molecule has 4 heterocycles. The van der Waals surface area contributed by atoms with E-state index in [0.29, 0.717) is 24.7 Å². The van der Waals surface area contributed by atoms with Crippen molar-refractivity contribution in [2.24, 2.45) is 10.9 Å². The van der Waals surface area contributed by atoms with Crippen LogP contribution >= 0.6 is 0 Å². The monoisotopic (exact) mass is 517 g/mol. The van der Waals surface area contributed by atoms with Crippen molar-refractivity contribution < 1.29 is 27.8 Å². The number of amides is 1. The second-order valence-corrected chi connectivity index (χ2v) is 9.95. The number of likely N-dealkylation sites (N-methyl/N-ethyl adjacent to an activating group) is 1. The Bertz CT molecular complexity index is 1110. The summed E-state index contributed by atoms with van der Waals surface area (Å²) in [5.41, 5.74) is 2.97. The van der Waals surface area contributed by atoms with E-state index in [4.69, 9.17) is 14.2 Å². The van der Waals surface area contributed by atoms with Gasteiger partial charge in [0.15, 0.2) is 12.0 Å². The van der Waals surface area contributed by atoms with E-state index < -0.39 is 5.92 Å². The van der Waals surface area contributed by atoms with E-state index in [2.05, 4.69) is 14.9 Å². The first-order chi connectivity index (χ1) is 17.8. The summed E-state index contributed by atoms with van der Waals surface area (Å²) in [4.78, 5) is 27.7. The number of ether oxygens (including phenoxy) is 3. The number of carbonyl (C=O) groups excluding carboxylic acids is 1. The van der Waals surface area contributed by atoms with Crippen molar-refractivity contribution in [2.75, 3.05) is 45.8 Å². The van der Waals surface area contributed by atoms with E-state index in [-0.39, 0.29) is 49.8 Å². The van der Waals surface area contributed by atoms with Crippen LogP contribution in [0, 0.1) is 5.92 Å². The second kappa shape index (κ2) is 10.3. The van der Waals surface area contributed by atoms with Crippen LogP contribution in [-0.4, -0.2) is 86.2 Å². The van der Waals surface area contributed by atoms with E-state index in [1.165, 1.54) is 0 Å². The van der Waals surface area contributed by atoms with Crippen molar-refractivity contribution >= 4 is 17.9 Å². The summed E-state index contributed by atoms with van der Waals surface area (Å²) in [6.07, 6.45) is 7.24. The van der Waals surface area contributed by atoms with Crippen LogP contribution < -0.4 is 14.4 Å². The summed E-state index contributed by atoms with van der Waals surface area (Å²) < 4.78 is 44.2. The lowest BCUT2D eigenvalue weighted by atomic mass is 9.86. The molecule has 2 unspecified atom stereocenters. The molecule has 0 N–H and O–H groups in total. The Morgan fingerprint density at radius 2 is 1.97 bits per heavy atom. The number of hydrogen-bond donors (Lipinski definition) is 0. The molecule has 0 aromatic carbocycles. The fraction of sp³-hybridized carbons (Fsp3) is 0.577. The smallest absolute Gasteiger partial charge is 0.256 e. The number of pyridine rings is 1. The third-order valence-corrected chi connectivity index (χ3v) is 7.51. The maximum absolute atomic E-state index is 13.5. The van der Waals surface area contributed by atoms with Gasteiger partial charge in [-0.1, -0.05) is 0 Å². The summed E-state index contributed by atoms with van der Waals surface area (Å²) >= 11 is 0. The van der Waals surface area contributed by atoms with Gasteiger partial charge in [-0.25, -0.2) is 18.8 Å². The van der Waals surface area contributed by atoms with Crippen LogP contribution in [0.15, 0.2) is 40.8 Å². The number of aliphatic imine (C=N–C) groups is 1. The highest BCUT2D eigenvalue weighted by atomic mass is 19.3. The third kappa shape index (κ3) is 5.27. The van der Waals surface area contributed by atoms with Gasteiger partial charge in [-0.15, -0.1) is 0 Å². The van der Waals surface area contributed by atoms with Crippen LogP contribution in [0.25, 0.3) is 0 Å². The molecule has 1 aliphatic carbocycles. The Labute approximate surface area is 215 Å². The number of methoxy groups -OCH3 is 2. The normalized spacial score (nSPS) is 25.5. The SMILES string of the molecule is COc1cc(N2CCC3=C(C2)C(OC2C=CN(C(=O)C4CCC(F)(F)CC4)C2)N(C)C=N3)cnc1OC. The number of halogens is 2. The molecule has 1 fully saturated rings. The third-order valence-electron chi connectivity index (χ3n) is 7.51. The zero-order chi connectivity index (χ0) is 26.2. The van der Waals surface area contributed by atoms with Crippen LogP contribution in [-0.2, 0) is 9.53 Å². The van der Waals surface area contributed by atoms with E-state index in [1.807, 2.05) is 24.1 Å². The lowest BCUT2D eigenvalue weighted by molar-refractivity contribution is -0.138. The summed E-state index contributed by atoms with van der Waals surface area (Å²) in [6, 6.07) is 1.91. The Morgan fingerprint density at radius 3 is 2.70 bits per heavy atom. The minimum absolute atomic E-state index is 0.0962. The van der Waals surface area contributed by atoms with Gasteiger partial charge in [-0.05, 0) is 18.9 Å².